The standard InChI is InChI=1S/C13H17ClN2O.ClH/c1-9-7-11(14)4-5-12(9)16-13(17)10-3-2-6-15-8-10;/h4-5,7,10,15H,2-3,6,8H2,1H3,(H,16,17);1H/t10-;/m1./s1. The van der Waals surface area contributed by atoms with Crippen LogP contribution in [0.1, 0.15) is 18.4 Å². The van der Waals surface area contributed by atoms with Crippen molar-refractivity contribution in [1.29, 1.82) is 0 Å². The lowest BCUT2D eigenvalue weighted by molar-refractivity contribution is -0.120. The van der Waals surface area contributed by atoms with Crippen LogP contribution in [0.5, 0.6) is 0 Å². The van der Waals surface area contributed by atoms with Gasteiger partial charge >= 0.3 is 0 Å². The van der Waals surface area contributed by atoms with Gasteiger partial charge in [0.25, 0.3) is 0 Å². The summed E-state index contributed by atoms with van der Waals surface area (Å²) in [6.07, 6.45) is 2.03. The molecule has 0 saturated carbocycles. The van der Waals surface area contributed by atoms with E-state index in [2.05, 4.69) is 10.6 Å². The minimum absolute atomic E-state index is 0. The van der Waals surface area contributed by atoms with Crippen LogP contribution in [-0.4, -0.2) is 19.0 Å². The molecule has 0 spiro atoms. The maximum Gasteiger partial charge on any atom is 0.228 e. The van der Waals surface area contributed by atoms with Gasteiger partial charge in [0.1, 0.15) is 0 Å². The monoisotopic (exact) mass is 288 g/mol. The first-order chi connectivity index (χ1) is 8.16. The number of rotatable bonds is 2. The van der Waals surface area contributed by atoms with E-state index < -0.39 is 0 Å². The third kappa shape index (κ3) is 3.87. The lowest BCUT2D eigenvalue weighted by Crippen LogP contribution is -2.37. The van der Waals surface area contributed by atoms with Crippen molar-refractivity contribution in [2.24, 2.45) is 5.92 Å². The average Bonchev–Trinajstić information content (AvgIpc) is 2.34. The van der Waals surface area contributed by atoms with E-state index >= 15 is 0 Å². The fourth-order valence-corrected chi connectivity index (χ4v) is 2.30. The number of carbonyl (C=O) groups is 1. The van der Waals surface area contributed by atoms with Crippen molar-refractivity contribution >= 4 is 35.6 Å². The van der Waals surface area contributed by atoms with Gasteiger partial charge in [0.05, 0.1) is 5.92 Å². The molecule has 100 valence electrons. The molecule has 2 rings (SSSR count). The van der Waals surface area contributed by atoms with E-state index in [1.165, 1.54) is 0 Å². The van der Waals surface area contributed by atoms with Crippen LogP contribution in [0.4, 0.5) is 5.69 Å². The molecule has 1 heterocycles. The van der Waals surface area contributed by atoms with Gasteiger partial charge in [0.15, 0.2) is 0 Å². The highest BCUT2D eigenvalue weighted by Crippen LogP contribution is 2.21. The molecule has 0 radical (unpaired) electrons. The Bertz CT molecular complexity index is 417. The van der Waals surface area contributed by atoms with Gasteiger partial charge in [-0.05, 0) is 50.1 Å². The number of hydrogen-bond acceptors (Lipinski definition) is 2. The highest BCUT2D eigenvalue weighted by Gasteiger charge is 2.21. The molecule has 0 aromatic heterocycles. The van der Waals surface area contributed by atoms with Crippen LogP contribution < -0.4 is 10.6 Å². The van der Waals surface area contributed by atoms with Gasteiger partial charge in [-0.15, -0.1) is 12.4 Å². The molecule has 0 aliphatic carbocycles. The Morgan fingerprint density at radius 2 is 2.28 bits per heavy atom. The summed E-state index contributed by atoms with van der Waals surface area (Å²) in [4.78, 5) is 12.0. The predicted octanol–water partition coefficient (Wildman–Crippen LogP) is 3.01. The maximum atomic E-state index is 12.0. The molecular formula is C13H18Cl2N2O. The molecule has 0 unspecified atom stereocenters. The lowest BCUT2D eigenvalue weighted by atomic mass is 9.98. The maximum absolute atomic E-state index is 12.0. The Hall–Kier alpha value is -0.770. The molecule has 2 N–H and O–H groups in total. The van der Waals surface area contributed by atoms with E-state index in [0.29, 0.717) is 5.02 Å². The summed E-state index contributed by atoms with van der Waals surface area (Å²) < 4.78 is 0. The number of amides is 1. The zero-order valence-electron chi connectivity index (χ0n) is 10.3. The van der Waals surface area contributed by atoms with Gasteiger partial charge in [-0.3, -0.25) is 4.79 Å². The van der Waals surface area contributed by atoms with Crippen LogP contribution in [-0.2, 0) is 4.79 Å². The number of piperidine rings is 1. The number of anilines is 1. The summed E-state index contributed by atoms with van der Waals surface area (Å²) in [6.45, 7) is 3.74. The largest absolute Gasteiger partial charge is 0.326 e. The van der Waals surface area contributed by atoms with Gasteiger partial charge in [-0.1, -0.05) is 11.6 Å². The lowest BCUT2D eigenvalue weighted by Gasteiger charge is -2.22. The van der Waals surface area contributed by atoms with E-state index in [1.54, 1.807) is 6.07 Å². The Balaban J connectivity index is 0.00000162. The molecule has 1 aliphatic rings. The van der Waals surface area contributed by atoms with Crippen molar-refractivity contribution in [1.82, 2.24) is 5.32 Å². The first-order valence-corrected chi connectivity index (χ1v) is 6.32. The molecule has 1 aliphatic heterocycles. The second-order valence-corrected chi connectivity index (χ2v) is 4.93. The second-order valence-electron chi connectivity index (χ2n) is 4.49. The molecule has 1 aromatic rings. The van der Waals surface area contributed by atoms with E-state index in [1.807, 2.05) is 19.1 Å². The van der Waals surface area contributed by atoms with Crippen LogP contribution in [0.15, 0.2) is 18.2 Å². The van der Waals surface area contributed by atoms with Gasteiger partial charge in [0.2, 0.25) is 5.91 Å². The van der Waals surface area contributed by atoms with E-state index in [-0.39, 0.29) is 24.2 Å². The molecule has 0 bridgehead atoms. The molecule has 1 atom stereocenters. The smallest absolute Gasteiger partial charge is 0.228 e. The summed E-state index contributed by atoms with van der Waals surface area (Å²) >= 11 is 5.88. The van der Waals surface area contributed by atoms with Gasteiger partial charge in [0, 0.05) is 17.3 Å². The third-order valence-electron chi connectivity index (χ3n) is 3.11. The quantitative estimate of drug-likeness (QED) is 0.878. The average molecular weight is 289 g/mol. The van der Waals surface area contributed by atoms with Crippen LogP contribution >= 0.6 is 24.0 Å². The highest BCUT2D eigenvalue weighted by atomic mass is 35.5. The van der Waals surface area contributed by atoms with E-state index in [0.717, 1.165) is 37.2 Å². The Kier molecular flexibility index (Phi) is 5.93. The first-order valence-electron chi connectivity index (χ1n) is 5.94. The number of carbonyl (C=O) groups excluding carboxylic acids is 1. The van der Waals surface area contributed by atoms with Crippen molar-refractivity contribution in [3.8, 4) is 0 Å². The summed E-state index contributed by atoms with van der Waals surface area (Å²) in [5.41, 5.74) is 1.85. The topological polar surface area (TPSA) is 41.1 Å². The summed E-state index contributed by atoms with van der Waals surface area (Å²) in [6, 6.07) is 5.51. The first kappa shape index (κ1) is 15.3. The van der Waals surface area contributed by atoms with Crippen molar-refractivity contribution in [2.75, 3.05) is 18.4 Å². The number of hydrogen-bond donors (Lipinski definition) is 2. The summed E-state index contributed by atoms with van der Waals surface area (Å²) in [5.74, 6) is 0.182. The minimum Gasteiger partial charge on any atom is -0.326 e. The fourth-order valence-electron chi connectivity index (χ4n) is 2.08. The summed E-state index contributed by atoms with van der Waals surface area (Å²) in [5, 5.41) is 6.91. The highest BCUT2D eigenvalue weighted by molar-refractivity contribution is 6.30. The Morgan fingerprint density at radius 3 is 2.89 bits per heavy atom. The fraction of sp³-hybridized carbons (Fsp3) is 0.462. The van der Waals surface area contributed by atoms with E-state index in [9.17, 15) is 4.79 Å². The minimum atomic E-state index is 0. The molecule has 5 heteroatoms. The van der Waals surface area contributed by atoms with Crippen molar-refractivity contribution in [2.45, 2.75) is 19.8 Å². The number of aryl methyl sites for hydroxylation is 1. The van der Waals surface area contributed by atoms with Crippen LogP contribution in [0, 0.1) is 12.8 Å². The zero-order chi connectivity index (χ0) is 12.3. The van der Waals surface area contributed by atoms with Crippen LogP contribution in [0.25, 0.3) is 0 Å². The Morgan fingerprint density at radius 1 is 1.50 bits per heavy atom. The van der Waals surface area contributed by atoms with Crippen LogP contribution in [0.3, 0.4) is 0 Å². The number of halogens is 2. The zero-order valence-corrected chi connectivity index (χ0v) is 11.9. The molecular weight excluding hydrogens is 271 g/mol. The predicted molar refractivity (Wildman–Crippen MR) is 77.7 cm³/mol. The molecule has 1 saturated heterocycles. The normalized spacial score (nSPS) is 18.9. The molecule has 1 fully saturated rings. The third-order valence-corrected chi connectivity index (χ3v) is 3.35. The van der Waals surface area contributed by atoms with Crippen molar-refractivity contribution in [3.05, 3.63) is 28.8 Å². The van der Waals surface area contributed by atoms with Crippen LogP contribution in [0.2, 0.25) is 5.02 Å². The van der Waals surface area contributed by atoms with Crippen molar-refractivity contribution < 1.29 is 4.79 Å². The molecule has 18 heavy (non-hydrogen) atoms. The Labute approximate surface area is 119 Å². The number of nitrogens with one attached hydrogen (secondary N) is 2. The SMILES string of the molecule is Cc1cc(Cl)ccc1NC(=O)[C@@H]1CCCNC1.Cl. The van der Waals surface area contributed by atoms with Gasteiger partial charge < -0.3 is 10.6 Å². The van der Waals surface area contributed by atoms with Crippen molar-refractivity contribution in [3.63, 3.8) is 0 Å². The van der Waals surface area contributed by atoms with Gasteiger partial charge in [-0.25, -0.2) is 0 Å². The summed E-state index contributed by atoms with van der Waals surface area (Å²) in [7, 11) is 0. The van der Waals surface area contributed by atoms with E-state index in [4.69, 9.17) is 11.6 Å². The molecule has 1 aromatic carbocycles. The second kappa shape index (κ2) is 6.98. The van der Waals surface area contributed by atoms with Gasteiger partial charge in [-0.2, -0.15) is 0 Å². The molecule has 1 amide bonds. The molecule has 3 nitrogen and oxygen atoms in total. The number of benzene rings is 1.